The Bertz CT molecular complexity index is 1380. The second-order valence-corrected chi connectivity index (χ2v) is 10.4. The highest BCUT2D eigenvalue weighted by Gasteiger charge is 2.18. The standard InChI is InChI=1S/C25H25FN4O2S2/c26-17-8-10-18(11-9-17)27-21(31)16-33-25-28-22-19-6-1-2-7-20(19)34-23(22)24(32)30(25)15-5-14-29-12-3-4-13-29/h1-2,6-11H,3-5,12-16H2,(H,27,31). The third kappa shape index (κ3) is 5.01. The number of nitrogens with one attached hydrogen (secondary N) is 1. The molecule has 2 aromatic heterocycles. The first-order chi connectivity index (χ1) is 16.6. The van der Waals surface area contributed by atoms with E-state index in [9.17, 15) is 14.0 Å². The average Bonchev–Trinajstić information content (AvgIpc) is 3.49. The molecule has 1 amide bonds. The molecular formula is C25H25FN4O2S2. The van der Waals surface area contributed by atoms with Gasteiger partial charge in [-0.1, -0.05) is 30.0 Å². The van der Waals surface area contributed by atoms with Gasteiger partial charge in [0.25, 0.3) is 5.56 Å². The van der Waals surface area contributed by atoms with Crippen LogP contribution in [0.2, 0.25) is 0 Å². The number of fused-ring (bicyclic) bond motifs is 3. The number of carbonyl (C=O) groups is 1. The number of hydrogen-bond donors (Lipinski definition) is 1. The van der Waals surface area contributed by atoms with Crippen LogP contribution in [-0.2, 0) is 11.3 Å². The van der Waals surface area contributed by atoms with Crippen LogP contribution in [0.4, 0.5) is 10.1 Å². The minimum absolute atomic E-state index is 0.0472. The molecule has 0 radical (unpaired) electrons. The summed E-state index contributed by atoms with van der Waals surface area (Å²) >= 11 is 2.73. The number of thiophene rings is 1. The second-order valence-electron chi connectivity index (χ2n) is 8.37. The SMILES string of the molecule is O=C(CSc1nc2c(sc3ccccc32)c(=O)n1CCCN1CCCC1)Nc1ccc(F)cc1. The van der Waals surface area contributed by atoms with Crippen molar-refractivity contribution >= 4 is 55.0 Å². The highest BCUT2D eigenvalue weighted by Crippen LogP contribution is 2.32. The lowest BCUT2D eigenvalue weighted by Crippen LogP contribution is -2.27. The Morgan fingerprint density at radius 1 is 1.09 bits per heavy atom. The Morgan fingerprint density at radius 2 is 1.85 bits per heavy atom. The lowest BCUT2D eigenvalue weighted by molar-refractivity contribution is -0.113. The number of nitrogens with zero attached hydrogens (tertiary/aromatic N) is 3. The minimum Gasteiger partial charge on any atom is -0.325 e. The molecule has 0 saturated carbocycles. The molecule has 6 nitrogen and oxygen atoms in total. The van der Waals surface area contributed by atoms with Crippen molar-refractivity contribution in [1.29, 1.82) is 0 Å². The summed E-state index contributed by atoms with van der Waals surface area (Å²) < 4.78 is 16.5. The predicted octanol–water partition coefficient (Wildman–Crippen LogP) is 4.97. The summed E-state index contributed by atoms with van der Waals surface area (Å²) in [5.41, 5.74) is 1.18. The van der Waals surface area contributed by atoms with Crippen LogP contribution in [0.5, 0.6) is 0 Å². The van der Waals surface area contributed by atoms with Gasteiger partial charge in [0.15, 0.2) is 5.16 Å². The number of hydrogen-bond acceptors (Lipinski definition) is 6. The van der Waals surface area contributed by atoms with Crippen LogP contribution in [0.3, 0.4) is 0 Å². The summed E-state index contributed by atoms with van der Waals surface area (Å²) in [4.78, 5) is 33.3. The van der Waals surface area contributed by atoms with Gasteiger partial charge in [0.1, 0.15) is 10.5 Å². The first-order valence-corrected chi connectivity index (χ1v) is 13.2. The highest BCUT2D eigenvalue weighted by molar-refractivity contribution is 7.99. The molecular weight excluding hydrogens is 471 g/mol. The maximum absolute atomic E-state index is 13.5. The van der Waals surface area contributed by atoms with E-state index in [2.05, 4.69) is 10.2 Å². The summed E-state index contributed by atoms with van der Waals surface area (Å²) in [6.07, 6.45) is 3.33. The van der Waals surface area contributed by atoms with Gasteiger partial charge in [0.2, 0.25) is 5.91 Å². The molecule has 0 atom stereocenters. The lowest BCUT2D eigenvalue weighted by Gasteiger charge is -2.16. The fourth-order valence-corrected chi connectivity index (χ4v) is 6.19. The van der Waals surface area contributed by atoms with Crippen molar-refractivity contribution in [3.63, 3.8) is 0 Å². The van der Waals surface area contributed by atoms with Crippen LogP contribution in [0.15, 0.2) is 58.5 Å². The third-order valence-corrected chi connectivity index (χ3v) is 8.09. The number of thioether (sulfide) groups is 1. The Labute approximate surface area is 204 Å². The van der Waals surface area contributed by atoms with E-state index in [0.29, 0.717) is 27.6 Å². The van der Waals surface area contributed by atoms with Crippen molar-refractivity contribution in [3.05, 3.63) is 64.7 Å². The van der Waals surface area contributed by atoms with Crippen LogP contribution in [-0.4, -0.2) is 45.7 Å². The van der Waals surface area contributed by atoms with E-state index in [1.165, 1.54) is 60.2 Å². The number of halogens is 1. The van der Waals surface area contributed by atoms with Crippen molar-refractivity contribution < 1.29 is 9.18 Å². The Morgan fingerprint density at radius 3 is 2.65 bits per heavy atom. The molecule has 0 unspecified atom stereocenters. The average molecular weight is 497 g/mol. The van der Waals surface area contributed by atoms with Crippen LogP contribution in [0, 0.1) is 5.82 Å². The second kappa shape index (κ2) is 10.2. The van der Waals surface area contributed by atoms with Crippen LogP contribution in [0.1, 0.15) is 19.3 Å². The molecule has 1 N–H and O–H groups in total. The van der Waals surface area contributed by atoms with Gasteiger partial charge in [-0.25, -0.2) is 9.37 Å². The van der Waals surface area contributed by atoms with E-state index in [0.717, 1.165) is 36.1 Å². The maximum atomic E-state index is 13.5. The minimum atomic E-state index is -0.356. The van der Waals surface area contributed by atoms with Gasteiger partial charge in [0.05, 0.1) is 11.3 Å². The quantitative estimate of drug-likeness (QED) is 0.276. The summed E-state index contributed by atoms with van der Waals surface area (Å²) in [6, 6.07) is 13.5. The van der Waals surface area contributed by atoms with Crippen LogP contribution >= 0.6 is 23.1 Å². The number of likely N-dealkylation sites (tertiary alicyclic amines) is 1. The number of benzene rings is 2. The molecule has 34 heavy (non-hydrogen) atoms. The van der Waals surface area contributed by atoms with E-state index in [1.54, 1.807) is 4.57 Å². The first-order valence-electron chi connectivity index (χ1n) is 11.4. The number of anilines is 1. The maximum Gasteiger partial charge on any atom is 0.272 e. The largest absolute Gasteiger partial charge is 0.325 e. The van der Waals surface area contributed by atoms with Gasteiger partial charge in [0, 0.05) is 22.3 Å². The van der Waals surface area contributed by atoms with Gasteiger partial charge in [-0.15, -0.1) is 11.3 Å². The lowest BCUT2D eigenvalue weighted by atomic mass is 10.2. The zero-order chi connectivity index (χ0) is 23.5. The molecule has 2 aromatic carbocycles. The van der Waals surface area contributed by atoms with Crippen molar-refractivity contribution in [2.24, 2.45) is 0 Å². The number of aromatic nitrogens is 2. The van der Waals surface area contributed by atoms with Gasteiger partial charge in [-0.3, -0.25) is 14.2 Å². The van der Waals surface area contributed by atoms with Crippen LogP contribution < -0.4 is 10.9 Å². The van der Waals surface area contributed by atoms with Crippen molar-refractivity contribution in [3.8, 4) is 0 Å². The number of carbonyl (C=O) groups excluding carboxylic acids is 1. The van der Waals surface area contributed by atoms with Gasteiger partial charge in [-0.2, -0.15) is 0 Å². The summed E-state index contributed by atoms with van der Waals surface area (Å²) in [5, 5.41) is 4.28. The zero-order valence-electron chi connectivity index (χ0n) is 18.6. The third-order valence-electron chi connectivity index (χ3n) is 5.96. The highest BCUT2D eigenvalue weighted by atomic mass is 32.2. The fourth-order valence-electron chi connectivity index (χ4n) is 4.28. The first kappa shape index (κ1) is 23.0. The molecule has 4 aromatic rings. The molecule has 1 fully saturated rings. The smallest absolute Gasteiger partial charge is 0.272 e. The molecule has 1 aliphatic heterocycles. The zero-order valence-corrected chi connectivity index (χ0v) is 20.3. The van der Waals surface area contributed by atoms with E-state index >= 15 is 0 Å². The molecule has 0 spiro atoms. The fraction of sp³-hybridized carbons (Fsp3) is 0.320. The summed E-state index contributed by atoms with van der Waals surface area (Å²) in [5.74, 6) is -0.487. The van der Waals surface area contributed by atoms with E-state index in [-0.39, 0.29) is 23.0 Å². The van der Waals surface area contributed by atoms with Gasteiger partial charge >= 0.3 is 0 Å². The van der Waals surface area contributed by atoms with Crippen LogP contribution in [0.25, 0.3) is 20.3 Å². The molecule has 176 valence electrons. The van der Waals surface area contributed by atoms with Crippen molar-refractivity contribution in [2.45, 2.75) is 31.0 Å². The monoisotopic (exact) mass is 496 g/mol. The molecule has 9 heteroatoms. The molecule has 0 bridgehead atoms. The Kier molecular flexibility index (Phi) is 6.94. The van der Waals surface area contributed by atoms with Crippen molar-refractivity contribution in [2.75, 3.05) is 30.7 Å². The Balaban J connectivity index is 1.39. The summed E-state index contributed by atoms with van der Waals surface area (Å²) in [7, 11) is 0. The summed E-state index contributed by atoms with van der Waals surface area (Å²) in [6.45, 7) is 3.75. The van der Waals surface area contributed by atoms with Gasteiger partial charge in [-0.05, 0) is 69.2 Å². The van der Waals surface area contributed by atoms with Gasteiger partial charge < -0.3 is 10.2 Å². The van der Waals surface area contributed by atoms with E-state index < -0.39 is 0 Å². The normalized spacial score (nSPS) is 14.3. The molecule has 5 rings (SSSR count). The Hall–Kier alpha value is -2.75. The predicted molar refractivity (Wildman–Crippen MR) is 137 cm³/mol. The molecule has 1 aliphatic rings. The van der Waals surface area contributed by atoms with E-state index in [1.807, 2.05) is 24.3 Å². The number of amides is 1. The topological polar surface area (TPSA) is 67.2 Å². The molecule has 3 heterocycles. The number of rotatable bonds is 8. The van der Waals surface area contributed by atoms with Crippen molar-refractivity contribution in [1.82, 2.24) is 14.5 Å². The van der Waals surface area contributed by atoms with E-state index in [4.69, 9.17) is 4.98 Å². The molecule has 0 aliphatic carbocycles. The molecule has 1 saturated heterocycles.